The number of fused-ring (bicyclic) bond motifs is 1. The predicted molar refractivity (Wildman–Crippen MR) is 82.8 cm³/mol. The summed E-state index contributed by atoms with van der Waals surface area (Å²) >= 11 is 0. The van der Waals surface area contributed by atoms with Crippen LogP contribution < -0.4 is 5.56 Å². The van der Waals surface area contributed by atoms with Crippen molar-refractivity contribution in [1.29, 1.82) is 0 Å². The molecule has 0 bridgehead atoms. The van der Waals surface area contributed by atoms with Gasteiger partial charge in [0.1, 0.15) is 0 Å². The van der Waals surface area contributed by atoms with E-state index in [9.17, 15) is 4.79 Å². The smallest absolute Gasteiger partial charge is 0.251 e. The van der Waals surface area contributed by atoms with E-state index in [1.54, 1.807) is 0 Å². The molecule has 0 spiro atoms. The first-order valence-electron chi connectivity index (χ1n) is 7.02. The van der Waals surface area contributed by atoms with Crippen molar-refractivity contribution < 1.29 is 0 Å². The number of benzene rings is 1. The van der Waals surface area contributed by atoms with Crippen LogP contribution in [0.2, 0.25) is 0 Å². The van der Waals surface area contributed by atoms with Gasteiger partial charge >= 0.3 is 0 Å². The number of rotatable bonds is 2. The Kier molecular flexibility index (Phi) is 3.09. The molecule has 1 N–H and O–H groups in total. The minimum absolute atomic E-state index is 0.0405. The highest BCUT2D eigenvalue weighted by Gasteiger charge is 2.21. The third-order valence-corrected chi connectivity index (χ3v) is 3.82. The van der Waals surface area contributed by atoms with E-state index in [-0.39, 0.29) is 11.0 Å². The van der Waals surface area contributed by atoms with E-state index in [2.05, 4.69) is 43.1 Å². The molecule has 0 atom stereocenters. The topological polar surface area (TPSA) is 32.9 Å². The second-order valence-electron chi connectivity index (χ2n) is 6.22. The number of hydrogen-bond donors (Lipinski definition) is 1. The second-order valence-corrected chi connectivity index (χ2v) is 6.22. The van der Waals surface area contributed by atoms with Crippen LogP contribution in [0, 0.1) is 5.41 Å². The zero-order chi connectivity index (χ0) is 14.2. The molecule has 1 aromatic heterocycles. The Hall–Kier alpha value is -2.09. The predicted octanol–water partition coefficient (Wildman–Crippen LogP) is 3.56. The number of pyridine rings is 1. The van der Waals surface area contributed by atoms with Gasteiger partial charge in [0.05, 0.1) is 0 Å². The van der Waals surface area contributed by atoms with Crippen LogP contribution in [0.15, 0.2) is 47.3 Å². The molecular formula is C18H19NO. The first-order valence-corrected chi connectivity index (χ1v) is 7.02. The summed E-state index contributed by atoms with van der Waals surface area (Å²) in [6, 6.07) is 12.1. The van der Waals surface area contributed by atoms with E-state index in [0.717, 1.165) is 28.8 Å². The molecule has 0 saturated carbocycles. The Labute approximate surface area is 119 Å². The minimum Gasteiger partial charge on any atom is -0.325 e. The van der Waals surface area contributed by atoms with Crippen LogP contribution in [0.5, 0.6) is 0 Å². The van der Waals surface area contributed by atoms with E-state index in [0.29, 0.717) is 6.42 Å². The quantitative estimate of drug-likeness (QED) is 0.884. The van der Waals surface area contributed by atoms with Crippen molar-refractivity contribution in [2.75, 3.05) is 0 Å². The summed E-state index contributed by atoms with van der Waals surface area (Å²) < 4.78 is 0. The van der Waals surface area contributed by atoms with Gasteiger partial charge in [0.25, 0.3) is 5.56 Å². The van der Waals surface area contributed by atoms with Gasteiger partial charge in [-0.3, -0.25) is 4.79 Å². The summed E-state index contributed by atoms with van der Waals surface area (Å²) in [5, 5.41) is 0. The molecule has 0 saturated heterocycles. The van der Waals surface area contributed by atoms with Gasteiger partial charge in [-0.15, -0.1) is 0 Å². The third-order valence-electron chi connectivity index (χ3n) is 3.82. The largest absolute Gasteiger partial charge is 0.325 e. The van der Waals surface area contributed by atoms with Gasteiger partial charge in [-0.1, -0.05) is 56.3 Å². The maximum Gasteiger partial charge on any atom is 0.251 e. The Morgan fingerprint density at radius 1 is 1.20 bits per heavy atom. The van der Waals surface area contributed by atoms with Gasteiger partial charge < -0.3 is 4.98 Å². The SMILES string of the molecule is CC1(C)C=Cc2cc(Cc3ccccc3)c(=O)[nH]c2C1. The number of nitrogens with one attached hydrogen (secondary N) is 1. The average Bonchev–Trinajstić information content (AvgIpc) is 2.40. The first-order chi connectivity index (χ1) is 9.53. The van der Waals surface area contributed by atoms with Crippen molar-refractivity contribution >= 4 is 6.08 Å². The fourth-order valence-corrected chi connectivity index (χ4v) is 2.70. The van der Waals surface area contributed by atoms with Crippen LogP contribution in [0.3, 0.4) is 0 Å². The molecule has 0 radical (unpaired) electrons. The molecule has 2 heteroatoms. The molecule has 2 nitrogen and oxygen atoms in total. The molecule has 102 valence electrons. The maximum absolute atomic E-state index is 12.2. The van der Waals surface area contributed by atoms with Crippen LogP contribution in [0.4, 0.5) is 0 Å². The normalized spacial score (nSPS) is 15.9. The fraction of sp³-hybridized carbons (Fsp3) is 0.278. The summed E-state index contributed by atoms with van der Waals surface area (Å²) in [5.74, 6) is 0. The Balaban J connectivity index is 1.97. The molecule has 1 aliphatic carbocycles. The van der Waals surface area contributed by atoms with Crippen molar-refractivity contribution in [2.24, 2.45) is 5.41 Å². The molecule has 0 aliphatic heterocycles. The number of hydrogen-bond acceptors (Lipinski definition) is 1. The molecule has 1 aliphatic rings. The van der Waals surface area contributed by atoms with Gasteiger partial charge in [0, 0.05) is 17.7 Å². The van der Waals surface area contributed by atoms with Crippen molar-refractivity contribution in [3.05, 3.63) is 75.2 Å². The van der Waals surface area contributed by atoms with Crippen molar-refractivity contribution in [1.82, 2.24) is 4.98 Å². The number of allylic oxidation sites excluding steroid dienone is 1. The number of H-pyrrole nitrogens is 1. The lowest BCUT2D eigenvalue weighted by atomic mass is 9.81. The van der Waals surface area contributed by atoms with E-state index < -0.39 is 0 Å². The lowest BCUT2D eigenvalue weighted by Crippen LogP contribution is -2.23. The summed E-state index contributed by atoms with van der Waals surface area (Å²) in [6.07, 6.45) is 5.92. The fourth-order valence-electron chi connectivity index (χ4n) is 2.70. The van der Waals surface area contributed by atoms with Gasteiger partial charge in [0.15, 0.2) is 0 Å². The second kappa shape index (κ2) is 4.78. The zero-order valence-corrected chi connectivity index (χ0v) is 11.9. The molecule has 1 heterocycles. The summed E-state index contributed by atoms with van der Waals surface area (Å²) in [5.41, 5.74) is 4.36. The molecule has 0 amide bonds. The molecule has 2 aromatic rings. The van der Waals surface area contributed by atoms with E-state index in [1.165, 1.54) is 0 Å². The van der Waals surface area contributed by atoms with Crippen molar-refractivity contribution in [3.8, 4) is 0 Å². The van der Waals surface area contributed by atoms with Crippen molar-refractivity contribution in [3.63, 3.8) is 0 Å². The van der Waals surface area contributed by atoms with Crippen LogP contribution in [0.25, 0.3) is 6.08 Å². The standard InChI is InChI=1S/C18H19NO/c1-18(2)9-8-14-11-15(17(20)19-16(14)12-18)10-13-6-4-3-5-7-13/h3-9,11H,10,12H2,1-2H3,(H,19,20). The monoisotopic (exact) mass is 265 g/mol. The Bertz CT molecular complexity index is 708. The van der Waals surface area contributed by atoms with Crippen LogP contribution >= 0.6 is 0 Å². The lowest BCUT2D eigenvalue weighted by Gasteiger charge is -2.25. The number of aromatic nitrogens is 1. The van der Waals surface area contributed by atoms with Gasteiger partial charge in [-0.2, -0.15) is 0 Å². The molecule has 1 aromatic carbocycles. The van der Waals surface area contributed by atoms with E-state index in [1.807, 2.05) is 24.3 Å². The Morgan fingerprint density at radius 2 is 1.95 bits per heavy atom. The highest BCUT2D eigenvalue weighted by molar-refractivity contribution is 5.56. The average molecular weight is 265 g/mol. The molecular weight excluding hydrogens is 246 g/mol. The van der Waals surface area contributed by atoms with Crippen molar-refractivity contribution in [2.45, 2.75) is 26.7 Å². The zero-order valence-electron chi connectivity index (χ0n) is 11.9. The highest BCUT2D eigenvalue weighted by Crippen LogP contribution is 2.30. The molecule has 3 rings (SSSR count). The molecule has 0 unspecified atom stereocenters. The summed E-state index contributed by atoms with van der Waals surface area (Å²) in [4.78, 5) is 15.3. The van der Waals surface area contributed by atoms with E-state index in [4.69, 9.17) is 0 Å². The molecule has 0 fully saturated rings. The van der Waals surface area contributed by atoms with Gasteiger partial charge in [0.2, 0.25) is 0 Å². The lowest BCUT2D eigenvalue weighted by molar-refractivity contribution is 0.467. The van der Waals surface area contributed by atoms with Crippen LogP contribution in [0.1, 0.15) is 36.2 Å². The van der Waals surface area contributed by atoms with Gasteiger partial charge in [-0.05, 0) is 29.0 Å². The minimum atomic E-state index is 0.0405. The first kappa shape index (κ1) is 12.9. The summed E-state index contributed by atoms with van der Waals surface area (Å²) in [6.45, 7) is 4.37. The summed E-state index contributed by atoms with van der Waals surface area (Å²) in [7, 11) is 0. The van der Waals surface area contributed by atoms with Crippen LogP contribution in [-0.2, 0) is 12.8 Å². The van der Waals surface area contributed by atoms with E-state index >= 15 is 0 Å². The molecule has 20 heavy (non-hydrogen) atoms. The number of aromatic amines is 1. The van der Waals surface area contributed by atoms with Gasteiger partial charge in [-0.25, -0.2) is 0 Å². The van der Waals surface area contributed by atoms with Crippen LogP contribution in [-0.4, -0.2) is 4.98 Å². The Morgan fingerprint density at radius 3 is 2.70 bits per heavy atom. The highest BCUT2D eigenvalue weighted by atomic mass is 16.1. The maximum atomic E-state index is 12.2. The third kappa shape index (κ3) is 2.60.